The lowest BCUT2D eigenvalue weighted by atomic mass is 10.0. The maximum atomic E-state index is 11.1. The molecule has 0 saturated heterocycles. The second kappa shape index (κ2) is 6.88. The van der Waals surface area contributed by atoms with Gasteiger partial charge in [0.1, 0.15) is 5.69 Å². The third kappa shape index (κ3) is 3.46. The molecule has 1 heterocycles. The number of nitrogens with one attached hydrogen (secondary N) is 1. The summed E-state index contributed by atoms with van der Waals surface area (Å²) >= 11 is 0. The van der Waals surface area contributed by atoms with Gasteiger partial charge < -0.3 is 10.4 Å². The molecule has 0 bridgehead atoms. The van der Waals surface area contributed by atoms with Gasteiger partial charge in [-0.15, -0.1) is 0 Å². The number of aromatic nitrogens is 2. The molecule has 0 saturated carbocycles. The van der Waals surface area contributed by atoms with Crippen molar-refractivity contribution in [1.29, 1.82) is 0 Å². The van der Waals surface area contributed by atoms with Crippen molar-refractivity contribution in [3.63, 3.8) is 0 Å². The van der Waals surface area contributed by atoms with Crippen molar-refractivity contribution < 1.29 is 14.8 Å². The Morgan fingerprint density at radius 3 is 2.65 bits per heavy atom. The fourth-order valence-corrected chi connectivity index (χ4v) is 2.08. The van der Waals surface area contributed by atoms with E-state index in [4.69, 9.17) is 5.11 Å². The van der Waals surface area contributed by atoms with Crippen molar-refractivity contribution >= 4 is 17.5 Å². The van der Waals surface area contributed by atoms with E-state index in [1.54, 1.807) is 14.0 Å². The zero-order chi connectivity index (χ0) is 15.3. The van der Waals surface area contributed by atoms with Gasteiger partial charge in [0.25, 0.3) is 0 Å². The molecule has 8 nitrogen and oxygen atoms in total. The van der Waals surface area contributed by atoms with Gasteiger partial charge in [-0.1, -0.05) is 20.3 Å². The molecule has 0 aromatic carbocycles. The number of anilines is 1. The van der Waals surface area contributed by atoms with Gasteiger partial charge in [0.05, 0.1) is 10.8 Å². The predicted molar refractivity (Wildman–Crippen MR) is 73.8 cm³/mol. The van der Waals surface area contributed by atoms with Crippen LogP contribution in [0.4, 0.5) is 11.5 Å². The summed E-state index contributed by atoms with van der Waals surface area (Å²) < 4.78 is 1.39. The molecule has 0 amide bonds. The molecular weight excluding hydrogens is 264 g/mol. The molecule has 0 fully saturated rings. The van der Waals surface area contributed by atoms with Gasteiger partial charge in [-0.05, 0) is 12.8 Å². The van der Waals surface area contributed by atoms with E-state index in [1.807, 2.05) is 6.92 Å². The molecule has 20 heavy (non-hydrogen) atoms. The highest BCUT2D eigenvalue weighted by atomic mass is 16.6. The lowest BCUT2D eigenvalue weighted by Crippen LogP contribution is -2.23. The first kappa shape index (κ1) is 15.9. The van der Waals surface area contributed by atoms with Gasteiger partial charge in [0, 0.05) is 13.6 Å². The fourth-order valence-electron chi connectivity index (χ4n) is 2.08. The molecule has 1 rings (SSSR count). The number of carboxylic acid groups (broad SMARTS) is 1. The summed E-state index contributed by atoms with van der Waals surface area (Å²) in [7, 11) is 1.60. The molecule has 2 N–H and O–H groups in total. The monoisotopic (exact) mass is 284 g/mol. The van der Waals surface area contributed by atoms with Crippen LogP contribution < -0.4 is 5.32 Å². The quantitative estimate of drug-likeness (QED) is 0.556. The predicted octanol–water partition coefficient (Wildman–Crippen LogP) is 1.80. The molecule has 1 aromatic rings. The van der Waals surface area contributed by atoms with Crippen LogP contribution >= 0.6 is 0 Å². The summed E-state index contributed by atoms with van der Waals surface area (Å²) in [5.74, 6) is -1.21. The SMILES string of the molecule is CCCC(CNc1c([N+](=O)[O-])c(CC)nn1C)C(=O)O. The maximum absolute atomic E-state index is 11.1. The number of hydrogen-bond acceptors (Lipinski definition) is 5. The highest BCUT2D eigenvalue weighted by Gasteiger charge is 2.26. The Morgan fingerprint density at radius 2 is 2.20 bits per heavy atom. The van der Waals surface area contributed by atoms with Crippen molar-refractivity contribution in [3.05, 3.63) is 15.8 Å². The largest absolute Gasteiger partial charge is 0.481 e. The van der Waals surface area contributed by atoms with Crippen LogP contribution in [0.1, 0.15) is 32.4 Å². The smallest absolute Gasteiger partial charge is 0.333 e. The molecule has 8 heteroatoms. The Kier molecular flexibility index (Phi) is 5.48. The number of aryl methyl sites for hydroxylation is 2. The molecule has 0 aliphatic carbocycles. The summed E-state index contributed by atoms with van der Waals surface area (Å²) in [6.07, 6.45) is 1.71. The average molecular weight is 284 g/mol. The van der Waals surface area contributed by atoms with Crippen molar-refractivity contribution in [1.82, 2.24) is 9.78 Å². The van der Waals surface area contributed by atoms with Crippen LogP contribution in [0, 0.1) is 16.0 Å². The third-order valence-corrected chi connectivity index (χ3v) is 3.11. The number of carbonyl (C=O) groups is 1. The second-order valence-corrected chi connectivity index (χ2v) is 4.58. The van der Waals surface area contributed by atoms with E-state index in [9.17, 15) is 14.9 Å². The highest BCUT2D eigenvalue weighted by Crippen LogP contribution is 2.28. The number of nitro groups is 1. The third-order valence-electron chi connectivity index (χ3n) is 3.11. The molecule has 1 atom stereocenters. The van der Waals surface area contributed by atoms with Crippen molar-refractivity contribution in [3.8, 4) is 0 Å². The maximum Gasteiger partial charge on any atom is 0.333 e. The van der Waals surface area contributed by atoms with E-state index >= 15 is 0 Å². The second-order valence-electron chi connectivity index (χ2n) is 4.58. The topological polar surface area (TPSA) is 110 Å². The molecule has 0 spiro atoms. The van der Waals surface area contributed by atoms with Gasteiger partial charge >= 0.3 is 11.7 Å². The minimum Gasteiger partial charge on any atom is -0.481 e. The lowest BCUT2D eigenvalue weighted by Gasteiger charge is -2.12. The van der Waals surface area contributed by atoms with Crippen LogP contribution in [-0.2, 0) is 18.3 Å². The Morgan fingerprint density at radius 1 is 1.55 bits per heavy atom. The van der Waals surface area contributed by atoms with Crippen molar-refractivity contribution in [2.45, 2.75) is 33.1 Å². The average Bonchev–Trinajstić information content (AvgIpc) is 2.70. The summed E-state index contributed by atoms with van der Waals surface area (Å²) in [5.41, 5.74) is 0.318. The Labute approximate surface area is 116 Å². The van der Waals surface area contributed by atoms with Gasteiger partial charge in [-0.3, -0.25) is 14.9 Å². The molecule has 0 radical (unpaired) electrons. The van der Waals surface area contributed by atoms with E-state index in [2.05, 4.69) is 10.4 Å². The molecule has 1 unspecified atom stereocenters. The summed E-state index contributed by atoms with van der Waals surface area (Å²) in [6.45, 7) is 3.83. The van der Waals surface area contributed by atoms with E-state index in [-0.39, 0.29) is 18.1 Å². The van der Waals surface area contributed by atoms with Crippen LogP contribution in [0.2, 0.25) is 0 Å². The minimum absolute atomic E-state index is 0.0735. The highest BCUT2D eigenvalue weighted by molar-refractivity contribution is 5.71. The molecule has 0 aliphatic rings. The number of carboxylic acids is 1. The Bertz CT molecular complexity index is 498. The number of nitrogens with zero attached hydrogens (tertiary/aromatic N) is 3. The summed E-state index contributed by atoms with van der Waals surface area (Å²) in [4.78, 5) is 21.7. The molecule has 1 aromatic heterocycles. The first-order valence-electron chi connectivity index (χ1n) is 6.59. The first-order chi connectivity index (χ1) is 9.42. The van der Waals surface area contributed by atoms with Crippen LogP contribution in [0.25, 0.3) is 0 Å². The van der Waals surface area contributed by atoms with E-state index in [0.29, 0.717) is 18.5 Å². The van der Waals surface area contributed by atoms with Crippen molar-refractivity contribution in [2.75, 3.05) is 11.9 Å². The van der Waals surface area contributed by atoms with Crippen LogP contribution in [-0.4, -0.2) is 32.3 Å². The van der Waals surface area contributed by atoms with Crippen LogP contribution in [0.15, 0.2) is 0 Å². The zero-order valence-corrected chi connectivity index (χ0v) is 11.9. The minimum atomic E-state index is -0.903. The van der Waals surface area contributed by atoms with Crippen LogP contribution in [0.5, 0.6) is 0 Å². The molecule has 0 aliphatic heterocycles. The van der Waals surface area contributed by atoms with Gasteiger partial charge in [0.15, 0.2) is 0 Å². The van der Waals surface area contributed by atoms with E-state index < -0.39 is 16.8 Å². The van der Waals surface area contributed by atoms with Crippen molar-refractivity contribution in [2.24, 2.45) is 13.0 Å². The Balaban J connectivity index is 2.94. The molecular formula is C12H20N4O4. The summed E-state index contributed by atoms with van der Waals surface area (Å²) in [5, 5.41) is 27.1. The van der Waals surface area contributed by atoms with E-state index in [0.717, 1.165) is 6.42 Å². The summed E-state index contributed by atoms with van der Waals surface area (Å²) in [6, 6.07) is 0. The standard InChI is InChI=1S/C12H20N4O4/c1-4-6-8(12(17)18)7-13-11-10(16(19)20)9(5-2)14-15(11)3/h8,13H,4-7H2,1-3H3,(H,17,18). The normalized spacial score (nSPS) is 12.2. The van der Waals surface area contributed by atoms with Gasteiger partial charge in [-0.2, -0.15) is 5.10 Å². The lowest BCUT2D eigenvalue weighted by molar-refractivity contribution is -0.384. The fraction of sp³-hybridized carbons (Fsp3) is 0.667. The van der Waals surface area contributed by atoms with Crippen LogP contribution in [0.3, 0.4) is 0 Å². The Hall–Kier alpha value is -2.12. The number of aliphatic carboxylic acids is 1. The number of hydrogen-bond donors (Lipinski definition) is 2. The molecule has 112 valence electrons. The zero-order valence-electron chi connectivity index (χ0n) is 11.9. The van der Waals surface area contributed by atoms with Gasteiger partial charge in [0.2, 0.25) is 5.82 Å². The van der Waals surface area contributed by atoms with Gasteiger partial charge in [-0.25, -0.2) is 4.68 Å². The number of rotatable bonds is 8. The first-order valence-corrected chi connectivity index (χ1v) is 6.59. The van der Waals surface area contributed by atoms with E-state index in [1.165, 1.54) is 4.68 Å².